The second-order valence-electron chi connectivity index (χ2n) is 4.06. The van der Waals surface area contributed by atoms with Crippen LogP contribution in [0.3, 0.4) is 0 Å². The molecule has 0 radical (unpaired) electrons. The number of hydrogen-bond donors (Lipinski definition) is 0. The molecule has 3 nitrogen and oxygen atoms in total. The van der Waals surface area contributed by atoms with Crippen molar-refractivity contribution in [3.8, 4) is 0 Å². The van der Waals surface area contributed by atoms with Gasteiger partial charge in [0.1, 0.15) is 0 Å². The van der Waals surface area contributed by atoms with Gasteiger partial charge in [0, 0.05) is 0 Å². The standard InChI is InChI=1S/C9H19F3O3SSi/c1-5-17(6-2,7-3)8(4)15-16(13,14)9(10,11)12/h8H,5-7H2,1-4H3. The van der Waals surface area contributed by atoms with Gasteiger partial charge >= 0.3 is 15.6 Å². The zero-order valence-electron chi connectivity index (χ0n) is 10.5. The van der Waals surface area contributed by atoms with Crippen molar-refractivity contribution in [2.45, 2.75) is 57.1 Å². The molecule has 0 saturated heterocycles. The first kappa shape index (κ1) is 16.9. The molecule has 1 atom stereocenters. The van der Waals surface area contributed by atoms with Crippen LogP contribution in [0.15, 0.2) is 0 Å². The molecule has 0 amide bonds. The second-order valence-corrected chi connectivity index (χ2v) is 11.3. The highest BCUT2D eigenvalue weighted by molar-refractivity contribution is 7.87. The molecule has 0 fully saturated rings. The van der Waals surface area contributed by atoms with Crippen LogP contribution in [-0.4, -0.2) is 27.7 Å². The van der Waals surface area contributed by atoms with Crippen molar-refractivity contribution in [1.29, 1.82) is 0 Å². The Hall–Kier alpha value is -0.0831. The van der Waals surface area contributed by atoms with E-state index in [0.717, 1.165) is 0 Å². The van der Waals surface area contributed by atoms with E-state index in [1.54, 1.807) is 0 Å². The zero-order valence-corrected chi connectivity index (χ0v) is 12.3. The monoisotopic (exact) mass is 292 g/mol. The number of alkyl halides is 3. The van der Waals surface area contributed by atoms with Crippen molar-refractivity contribution in [3.05, 3.63) is 0 Å². The van der Waals surface area contributed by atoms with Crippen LogP contribution in [0.2, 0.25) is 18.1 Å². The molecular weight excluding hydrogens is 273 g/mol. The first-order valence-electron chi connectivity index (χ1n) is 5.55. The van der Waals surface area contributed by atoms with Gasteiger partial charge in [-0.25, -0.2) is 0 Å². The molecule has 0 N–H and O–H groups in total. The number of halogens is 3. The van der Waals surface area contributed by atoms with Gasteiger partial charge in [-0.2, -0.15) is 21.6 Å². The molecule has 0 aromatic rings. The lowest BCUT2D eigenvalue weighted by Gasteiger charge is -2.33. The molecule has 0 heterocycles. The molecule has 0 rings (SSSR count). The maximum Gasteiger partial charge on any atom is 0.523 e. The smallest absolute Gasteiger partial charge is 0.264 e. The van der Waals surface area contributed by atoms with E-state index < -0.39 is 29.4 Å². The first-order valence-corrected chi connectivity index (χ1v) is 9.66. The van der Waals surface area contributed by atoms with Gasteiger partial charge in [0.25, 0.3) is 0 Å². The summed E-state index contributed by atoms with van der Waals surface area (Å²) in [5, 5.41) is 0. The van der Waals surface area contributed by atoms with Crippen LogP contribution in [0, 0.1) is 0 Å². The first-order chi connectivity index (χ1) is 7.56. The van der Waals surface area contributed by atoms with Crippen molar-refractivity contribution in [2.24, 2.45) is 0 Å². The third-order valence-corrected chi connectivity index (χ3v) is 10.9. The van der Waals surface area contributed by atoms with Crippen molar-refractivity contribution in [3.63, 3.8) is 0 Å². The van der Waals surface area contributed by atoms with E-state index in [9.17, 15) is 21.6 Å². The average Bonchev–Trinajstić information content (AvgIpc) is 2.18. The molecule has 0 bridgehead atoms. The summed E-state index contributed by atoms with van der Waals surface area (Å²) in [6.45, 7) is 7.06. The van der Waals surface area contributed by atoms with Crippen molar-refractivity contribution in [1.82, 2.24) is 0 Å². The van der Waals surface area contributed by atoms with E-state index >= 15 is 0 Å². The third kappa shape index (κ3) is 3.69. The van der Waals surface area contributed by atoms with Crippen molar-refractivity contribution in [2.75, 3.05) is 0 Å². The summed E-state index contributed by atoms with van der Waals surface area (Å²) in [6, 6.07) is 2.11. The summed E-state index contributed by atoms with van der Waals surface area (Å²) in [7, 11) is -7.59. The predicted molar refractivity (Wildman–Crippen MR) is 62.7 cm³/mol. The molecule has 0 aromatic heterocycles. The maximum atomic E-state index is 12.2. The SMILES string of the molecule is CC[Si](CC)(CC)C(C)OS(=O)(=O)C(F)(F)F. The Morgan fingerprint density at radius 2 is 1.47 bits per heavy atom. The van der Waals surface area contributed by atoms with Crippen LogP contribution in [-0.2, 0) is 14.3 Å². The van der Waals surface area contributed by atoms with E-state index in [0.29, 0.717) is 18.1 Å². The van der Waals surface area contributed by atoms with Crippen LogP contribution in [0.5, 0.6) is 0 Å². The van der Waals surface area contributed by atoms with Gasteiger partial charge in [0.15, 0.2) is 0 Å². The van der Waals surface area contributed by atoms with Gasteiger partial charge < -0.3 is 0 Å². The second kappa shape index (κ2) is 5.70. The zero-order chi connectivity index (χ0) is 13.9. The van der Waals surface area contributed by atoms with Crippen LogP contribution in [0.25, 0.3) is 0 Å². The van der Waals surface area contributed by atoms with E-state index in [1.807, 2.05) is 20.8 Å². The van der Waals surface area contributed by atoms with E-state index in [-0.39, 0.29) is 0 Å². The van der Waals surface area contributed by atoms with Crippen LogP contribution >= 0.6 is 0 Å². The fourth-order valence-corrected chi connectivity index (χ4v) is 6.87. The molecule has 17 heavy (non-hydrogen) atoms. The molecule has 8 heteroatoms. The Morgan fingerprint density at radius 3 is 1.71 bits per heavy atom. The fraction of sp³-hybridized carbons (Fsp3) is 1.00. The van der Waals surface area contributed by atoms with Crippen LogP contribution < -0.4 is 0 Å². The highest BCUT2D eigenvalue weighted by Crippen LogP contribution is 2.31. The summed E-state index contributed by atoms with van der Waals surface area (Å²) in [5.41, 5.74) is -6.19. The topological polar surface area (TPSA) is 43.4 Å². The number of rotatable bonds is 6. The molecule has 0 aliphatic heterocycles. The highest BCUT2D eigenvalue weighted by Gasteiger charge is 2.50. The Labute approximate surface area is 101 Å². The molecule has 0 aliphatic rings. The maximum absolute atomic E-state index is 12.2. The minimum Gasteiger partial charge on any atom is -0.264 e. The van der Waals surface area contributed by atoms with Gasteiger partial charge in [-0.1, -0.05) is 38.9 Å². The molecule has 1 unspecified atom stereocenters. The molecule has 0 aromatic carbocycles. The van der Waals surface area contributed by atoms with E-state index in [2.05, 4.69) is 4.18 Å². The minimum absolute atomic E-state index is 0.703. The van der Waals surface area contributed by atoms with E-state index in [4.69, 9.17) is 0 Å². The largest absolute Gasteiger partial charge is 0.523 e. The number of hydrogen-bond acceptors (Lipinski definition) is 3. The van der Waals surface area contributed by atoms with Crippen LogP contribution in [0.1, 0.15) is 27.7 Å². The van der Waals surface area contributed by atoms with E-state index in [1.165, 1.54) is 6.92 Å². The average molecular weight is 292 g/mol. The summed E-state index contributed by atoms with van der Waals surface area (Å²) >= 11 is 0. The van der Waals surface area contributed by atoms with Gasteiger partial charge in [-0.05, 0) is 6.92 Å². The fourth-order valence-electron chi connectivity index (χ4n) is 1.96. The summed E-state index contributed by atoms with van der Waals surface area (Å²) in [6.07, 6.45) is 0. The van der Waals surface area contributed by atoms with Gasteiger partial charge in [0.2, 0.25) is 0 Å². The Kier molecular flexibility index (Phi) is 5.68. The Bertz CT molecular complexity index is 328. The summed E-state index contributed by atoms with van der Waals surface area (Å²) < 4.78 is 62.8. The lowest BCUT2D eigenvalue weighted by atomic mass is 10.8. The molecule has 0 aliphatic carbocycles. The minimum atomic E-state index is -5.48. The molecule has 104 valence electrons. The van der Waals surface area contributed by atoms with Crippen LogP contribution in [0.4, 0.5) is 13.2 Å². The van der Waals surface area contributed by atoms with Gasteiger partial charge in [-0.15, -0.1) is 0 Å². The van der Waals surface area contributed by atoms with Gasteiger partial charge in [0.05, 0.1) is 13.8 Å². The lowest BCUT2D eigenvalue weighted by Crippen LogP contribution is -2.48. The predicted octanol–water partition coefficient (Wildman–Crippen LogP) is 3.29. The molecule has 0 saturated carbocycles. The lowest BCUT2D eigenvalue weighted by molar-refractivity contribution is -0.0550. The summed E-state index contributed by atoms with van der Waals surface area (Å²) in [4.78, 5) is 0. The normalized spacial score (nSPS) is 15.9. The quantitative estimate of drug-likeness (QED) is 0.428. The van der Waals surface area contributed by atoms with Crippen molar-refractivity contribution < 1.29 is 25.8 Å². The van der Waals surface area contributed by atoms with Crippen molar-refractivity contribution >= 4 is 18.2 Å². The Balaban J connectivity index is 5.04. The molecular formula is C9H19F3O3SSi. The summed E-state index contributed by atoms with van der Waals surface area (Å²) in [5.74, 6) is 0. The molecule has 0 spiro atoms. The highest BCUT2D eigenvalue weighted by atomic mass is 32.2. The third-order valence-electron chi connectivity index (χ3n) is 3.53. The van der Waals surface area contributed by atoms with Gasteiger partial charge in [-0.3, -0.25) is 4.18 Å². The Morgan fingerprint density at radius 1 is 1.12 bits per heavy atom.